The number of halogens is 1. The lowest BCUT2D eigenvalue weighted by Crippen LogP contribution is -2.27. The minimum atomic E-state index is -0.520. The molecule has 6 heteroatoms. The largest absolute Gasteiger partial charge is 0.494 e. The van der Waals surface area contributed by atoms with Crippen LogP contribution in [0.15, 0.2) is 41.3 Å². The summed E-state index contributed by atoms with van der Waals surface area (Å²) in [5, 5.41) is 3.91. The van der Waals surface area contributed by atoms with Gasteiger partial charge in [-0.3, -0.25) is 4.79 Å². The van der Waals surface area contributed by atoms with E-state index in [4.69, 9.17) is 10.5 Å². The van der Waals surface area contributed by atoms with Crippen molar-refractivity contribution in [3.05, 3.63) is 58.3 Å². The summed E-state index contributed by atoms with van der Waals surface area (Å²) in [6.45, 7) is 0.186. The molecule has 0 aliphatic heterocycles. The molecule has 0 saturated carbocycles. The number of ether oxygens (including phenoxy) is 1. The van der Waals surface area contributed by atoms with Gasteiger partial charge in [-0.1, -0.05) is 6.07 Å². The molecule has 1 unspecified atom stereocenters. The van der Waals surface area contributed by atoms with Gasteiger partial charge in [-0.05, 0) is 23.8 Å². The molecule has 1 atom stereocenters. The lowest BCUT2D eigenvalue weighted by molar-refractivity contribution is 0.385. The van der Waals surface area contributed by atoms with Crippen molar-refractivity contribution in [1.29, 1.82) is 0 Å². The fourth-order valence-corrected chi connectivity index (χ4v) is 1.73. The molecule has 0 saturated heterocycles. The number of benzene rings is 1. The average molecular weight is 263 g/mol. The van der Waals surface area contributed by atoms with Gasteiger partial charge < -0.3 is 10.5 Å². The molecule has 100 valence electrons. The molecule has 0 aliphatic carbocycles. The highest BCUT2D eigenvalue weighted by Crippen LogP contribution is 2.21. The number of aromatic nitrogens is 2. The Morgan fingerprint density at radius 2 is 2.26 bits per heavy atom. The van der Waals surface area contributed by atoms with E-state index in [-0.39, 0.29) is 17.9 Å². The Kier molecular flexibility index (Phi) is 3.91. The highest BCUT2D eigenvalue weighted by atomic mass is 19.1. The van der Waals surface area contributed by atoms with Crippen LogP contribution in [-0.4, -0.2) is 16.9 Å². The van der Waals surface area contributed by atoms with Gasteiger partial charge in [0.25, 0.3) is 5.56 Å². The van der Waals surface area contributed by atoms with Gasteiger partial charge >= 0.3 is 0 Å². The van der Waals surface area contributed by atoms with Crippen LogP contribution in [-0.2, 0) is 6.54 Å². The number of hydrogen-bond donors (Lipinski definition) is 1. The van der Waals surface area contributed by atoms with E-state index in [0.29, 0.717) is 5.56 Å². The molecule has 2 aromatic rings. The number of nitrogens with zero attached hydrogens (tertiary/aromatic N) is 2. The normalized spacial score (nSPS) is 12.2. The predicted molar refractivity (Wildman–Crippen MR) is 68.4 cm³/mol. The quantitative estimate of drug-likeness (QED) is 0.896. The second kappa shape index (κ2) is 5.62. The first-order valence-electron chi connectivity index (χ1n) is 5.73. The first kappa shape index (κ1) is 13.2. The van der Waals surface area contributed by atoms with Gasteiger partial charge in [0.2, 0.25) is 0 Å². The smallest absolute Gasteiger partial charge is 0.266 e. The Hall–Kier alpha value is -2.21. The number of rotatable bonds is 4. The number of hydrogen-bond acceptors (Lipinski definition) is 4. The Balaban J connectivity index is 2.21. The molecule has 5 nitrogen and oxygen atoms in total. The number of nitrogens with two attached hydrogens (primary N) is 1. The standard InChI is InChI=1S/C13H14FN3O2/c1-19-12-5-4-9(7-10(12)14)11(15)8-17-13(18)3-2-6-16-17/h2-7,11H,8,15H2,1H3. The van der Waals surface area contributed by atoms with Gasteiger partial charge in [0.05, 0.1) is 13.7 Å². The van der Waals surface area contributed by atoms with Gasteiger partial charge in [-0.2, -0.15) is 5.10 Å². The summed E-state index contributed by atoms with van der Waals surface area (Å²) in [4.78, 5) is 11.5. The van der Waals surface area contributed by atoms with Gasteiger partial charge in [-0.25, -0.2) is 9.07 Å². The Morgan fingerprint density at radius 1 is 1.47 bits per heavy atom. The van der Waals surface area contributed by atoms with E-state index in [0.717, 1.165) is 0 Å². The minimum absolute atomic E-state index is 0.158. The minimum Gasteiger partial charge on any atom is -0.494 e. The molecule has 1 aromatic carbocycles. The van der Waals surface area contributed by atoms with Crippen LogP contribution in [0.3, 0.4) is 0 Å². The highest BCUT2D eigenvalue weighted by Gasteiger charge is 2.11. The van der Waals surface area contributed by atoms with Gasteiger partial charge in [0.15, 0.2) is 11.6 Å². The summed E-state index contributed by atoms with van der Waals surface area (Å²) in [7, 11) is 1.39. The zero-order valence-electron chi connectivity index (χ0n) is 10.4. The average Bonchev–Trinajstić information content (AvgIpc) is 2.41. The Bertz CT molecular complexity index is 627. The molecule has 1 aromatic heterocycles. The molecular formula is C13H14FN3O2. The van der Waals surface area contributed by atoms with E-state index in [9.17, 15) is 9.18 Å². The van der Waals surface area contributed by atoms with Crippen molar-refractivity contribution in [2.75, 3.05) is 7.11 Å². The maximum absolute atomic E-state index is 13.6. The molecule has 0 radical (unpaired) electrons. The Morgan fingerprint density at radius 3 is 2.89 bits per heavy atom. The van der Waals surface area contributed by atoms with Crippen molar-refractivity contribution >= 4 is 0 Å². The first-order valence-corrected chi connectivity index (χ1v) is 5.73. The van der Waals surface area contributed by atoms with E-state index >= 15 is 0 Å². The van der Waals surface area contributed by atoms with Crippen LogP contribution in [0.2, 0.25) is 0 Å². The van der Waals surface area contributed by atoms with Crippen LogP contribution in [0, 0.1) is 5.82 Å². The lowest BCUT2D eigenvalue weighted by Gasteiger charge is -2.13. The summed E-state index contributed by atoms with van der Waals surface area (Å²) < 4.78 is 19.6. The fraction of sp³-hybridized carbons (Fsp3) is 0.231. The molecule has 2 rings (SSSR count). The van der Waals surface area contributed by atoms with Crippen LogP contribution in [0.25, 0.3) is 0 Å². The lowest BCUT2D eigenvalue weighted by atomic mass is 10.1. The van der Waals surface area contributed by atoms with Crippen LogP contribution < -0.4 is 16.0 Å². The van der Waals surface area contributed by atoms with Crippen LogP contribution >= 0.6 is 0 Å². The summed E-state index contributed by atoms with van der Waals surface area (Å²) in [5.41, 5.74) is 6.29. The zero-order valence-corrected chi connectivity index (χ0v) is 10.4. The SMILES string of the molecule is COc1ccc(C(N)Cn2ncccc2=O)cc1F. The molecule has 0 fully saturated rings. The molecule has 0 bridgehead atoms. The molecule has 0 aliphatic rings. The fourth-order valence-electron chi connectivity index (χ4n) is 1.73. The molecule has 2 N–H and O–H groups in total. The maximum atomic E-state index is 13.6. The third-order valence-electron chi connectivity index (χ3n) is 2.76. The molecule has 0 amide bonds. The second-order valence-corrected chi connectivity index (χ2v) is 4.04. The van der Waals surface area contributed by atoms with E-state index in [1.165, 1.54) is 36.2 Å². The summed E-state index contributed by atoms with van der Waals surface area (Å²) in [5.74, 6) is -0.324. The molecule has 1 heterocycles. The van der Waals surface area contributed by atoms with E-state index < -0.39 is 11.9 Å². The van der Waals surface area contributed by atoms with Crippen LogP contribution in [0.4, 0.5) is 4.39 Å². The van der Waals surface area contributed by atoms with Gasteiger partial charge in [0.1, 0.15) is 0 Å². The van der Waals surface area contributed by atoms with Crippen molar-refractivity contribution in [2.45, 2.75) is 12.6 Å². The highest BCUT2D eigenvalue weighted by molar-refractivity contribution is 5.30. The van der Waals surface area contributed by atoms with Gasteiger partial charge in [0, 0.05) is 18.3 Å². The third kappa shape index (κ3) is 2.97. The zero-order chi connectivity index (χ0) is 13.8. The summed E-state index contributed by atoms with van der Waals surface area (Å²) in [6.07, 6.45) is 1.50. The topological polar surface area (TPSA) is 70.1 Å². The van der Waals surface area contributed by atoms with E-state index in [1.807, 2.05) is 0 Å². The number of methoxy groups -OCH3 is 1. The summed E-state index contributed by atoms with van der Waals surface area (Å²) >= 11 is 0. The van der Waals surface area contributed by atoms with Crippen molar-refractivity contribution in [3.8, 4) is 5.75 Å². The van der Waals surface area contributed by atoms with Crippen molar-refractivity contribution < 1.29 is 9.13 Å². The van der Waals surface area contributed by atoms with Crippen molar-refractivity contribution in [3.63, 3.8) is 0 Å². The summed E-state index contributed by atoms with van der Waals surface area (Å²) in [6, 6.07) is 6.91. The second-order valence-electron chi connectivity index (χ2n) is 4.04. The molecule has 0 spiro atoms. The van der Waals surface area contributed by atoms with E-state index in [2.05, 4.69) is 5.10 Å². The van der Waals surface area contributed by atoms with Crippen LogP contribution in [0.1, 0.15) is 11.6 Å². The molecular weight excluding hydrogens is 249 g/mol. The van der Waals surface area contributed by atoms with Crippen molar-refractivity contribution in [2.24, 2.45) is 5.73 Å². The van der Waals surface area contributed by atoms with Gasteiger partial charge in [-0.15, -0.1) is 0 Å². The van der Waals surface area contributed by atoms with Crippen LogP contribution in [0.5, 0.6) is 5.75 Å². The third-order valence-corrected chi connectivity index (χ3v) is 2.76. The first-order chi connectivity index (χ1) is 9.11. The maximum Gasteiger partial charge on any atom is 0.266 e. The molecule has 19 heavy (non-hydrogen) atoms. The predicted octanol–water partition coefficient (Wildman–Crippen LogP) is 1.09. The van der Waals surface area contributed by atoms with Crippen molar-refractivity contribution in [1.82, 2.24) is 9.78 Å². The monoisotopic (exact) mass is 263 g/mol. The van der Waals surface area contributed by atoms with E-state index in [1.54, 1.807) is 12.1 Å². The Labute approximate surface area is 109 Å².